The van der Waals surface area contributed by atoms with E-state index < -0.39 is 4.92 Å². The van der Waals surface area contributed by atoms with Gasteiger partial charge in [-0.3, -0.25) is 10.1 Å². The number of nitro benzene ring substituents is 1. The van der Waals surface area contributed by atoms with E-state index in [0.29, 0.717) is 11.7 Å². The summed E-state index contributed by atoms with van der Waals surface area (Å²) in [5.74, 6) is 0.884. The third-order valence-electron chi connectivity index (χ3n) is 2.20. The quantitative estimate of drug-likeness (QED) is 0.476. The smallest absolute Gasteiger partial charge is 0.258 e. The molecule has 5 nitrogen and oxygen atoms in total. The Hall–Kier alpha value is -2.01. The molecule has 0 aliphatic carbocycles. The standard InChI is InChI=1S/C11H8ClN3O2/c12-5-8-6-13-11(14-7-8)9-1-3-10(4-2-9)15(16)17/h1-4,6-7H,5H2. The van der Waals surface area contributed by atoms with E-state index in [-0.39, 0.29) is 5.69 Å². The van der Waals surface area contributed by atoms with Crippen molar-refractivity contribution in [1.29, 1.82) is 0 Å². The van der Waals surface area contributed by atoms with Crippen LogP contribution in [0.1, 0.15) is 5.56 Å². The number of aromatic nitrogens is 2. The van der Waals surface area contributed by atoms with E-state index in [9.17, 15) is 10.1 Å². The number of halogens is 1. The molecule has 1 aromatic carbocycles. The molecule has 0 amide bonds. The fraction of sp³-hybridized carbons (Fsp3) is 0.0909. The molecule has 0 fully saturated rings. The maximum Gasteiger partial charge on any atom is 0.269 e. The number of hydrogen-bond donors (Lipinski definition) is 0. The molecule has 2 aromatic rings. The number of non-ortho nitro benzene ring substituents is 1. The van der Waals surface area contributed by atoms with Crippen molar-refractivity contribution in [2.45, 2.75) is 5.88 Å². The number of nitrogens with zero attached hydrogens (tertiary/aromatic N) is 3. The molecule has 0 N–H and O–H groups in total. The topological polar surface area (TPSA) is 68.9 Å². The zero-order valence-corrected chi connectivity index (χ0v) is 9.46. The van der Waals surface area contributed by atoms with Crippen molar-refractivity contribution in [3.63, 3.8) is 0 Å². The average Bonchev–Trinajstić information content (AvgIpc) is 2.39. The van der Waals surface area contributed by atoms with Gasteiger partial charge in [0.05, 0.1) is 10.8 Å². The van der Waals surface area contributed by atoms with Gasteiger partial charge in [-0.1, -0.05) is 0 Å². The number of benzene rings is 1. The monoisotopic (exact) mass is 249 g/mol. The molecule has 86 valence electrons. The second-order valence-corrected chi connectivity index (χ2v) is 3.62. The summed E-state index contributed by atoms with van der Waals surface area (Å²) in [7, 11) is 0. The molecular weight excluding hydrogens is 242 g/mol. The van der Waals surface area contributed by atoms with Gasteiger partial charge in [0.25, 0.3) is 5.69 Å². The van der Waals surface area contributed by atoms with Gasteiger partial charge in [0.2, 0.25) is 0 Å². The average molecular weight is 250 g/mol. The lowest BCUT2D eigenvalue weighted by Crippen LogP contribution is -1.91. The molecule has 2 rings (SSSR count). The van der Waals surface area contributed by atoms with Gasteiger partial charge in [-0.05, 0) is 12.1 Å². The molecule has 1 heterocycles. The maximum absolute atomic E-state index is 10.5. The van der Waals surface area contributed by atoms with Crippen molar-refractivity contribution >= 4 is 17.3 Å². The highest BCUT2D eigenvalue weighted by Gasteiger charge is 2.06. The number of nitro groups is 1. The molecule has 17 heavy (non-hydrogen) atoms. The fourth-order valence-corrected chi connectivity index (χ4v) is 1.44. The van der Waals surface area contributed by atoms with Crippen molar-refractivity contribution < 1.29 is 4.92 Å². The van der Waals surface area contributed by atoms with E-state index in [0.717, 1.165) is 11.1 Å². The summed E-state index contributed by atoms with van der Waals surface area (Å²) in [5.41, 5.74) is 1.61. The molecule has 0 unspecified atom stereocenters. The first-order chi connectivity index (χ1) is 8.20. The number of hydrogen-bond acceptors (Lipinski definition) is 4. The molecule has 0 bridgehead atoms. The molecule has 0 atom stereocenters. The van der Waals surface area contributed by atoms with Gasteiger partial charge < -0.3 is 0 Å². The van der Waals surface area contributed by atoms with Crippen LogP contribution in [0.4, 0.5) is 5.69 Å². The van der Waals surface area contributed by atoms with Crippen molar-refractivity contribution in [3.05, 3.63) is 52.3 Å². The summed E-state index contributed by atoms with van der Waals surface area (Å²) in [4.78, 5) is 18.3. The predicted octanol–water partition coefficient (Wildman–Crippen LogP) is 2.79. The van der Waals surface area contributed by atoms with Crippen molar-refractivity contribution in [1.82, 2.24) is 9.97 Å². The Balaban J connectivity index is 2.29. The molecule has 0 radical (unpaired) electrons. The van der Waals surface area contributed by atoms with Crippen LogP contribution in [0.3, 0.4) is 0 Å². The summed E-state index contributed by atoms with van der Waals surface area (Å²) >= 11 is 5.63. The SMILES string of the molecule is O=[N+]([O-])c1ccc(-c2ncc(CCl)cn2)cc1. The van der Waals surface area contributed by atoms with Crippen molar-refractivity contribution in [2.24, 2.45) is 0 Å². The van der Waals surface area contributed by atoms with Gasteiger partial charge in [0.1, 0.15) is 0 Å². The molecule has 0 aliphatic heterocycles. The van der Waals surface area contributed by atoms with Crippen LogP contribution >= 0.6 is 11.6 Å². The first-order valence-corrected chi connectivity index (χ1v) is 5.36. The van der Waals surface area contributed by atoms with E-state index in [1.807, 2.05) is 0 Å². The van der Waals surface area contributed by atoms with Crippen LogP contribution in [0.5, 0.6) is 0 Å². The third kappa shape index (κ3) is 2.57. The minimum absolute atomic E-state index is 0.0473. The van der Waals surface area contributed by atoms with Crippen LogP contribution < -0.4 is 0 Å². The maximum atomic E-state index is 10.5. The molecular formula is C11H8ClN3O2. The molecule has 1 aromatic heterocycles. The lowest BCUT2D eigenvalue weighted by molar-refractivity contribution is -0.384. The fourth-order valence-electron chi connectivity index (χ4n) is 1.31. The molecule has 0 saturated carbocycles. The molecule has 6 heteroatoms. The highest BCUT2D eigenvalue weighted by molar-refractivity contribution is 6.17. The normalized spacial score (nSPS) is 10.2. The van der Waals surface area contributed by atoms with Crippen molar-refractivity contribution in [3.8, 4) is 11.4 Å². The molecule has 0 aliphatic rings. The van der Waals surface area contributed by atoms with Crippen LogP contribution in [0.15, 0.2) is 36.7 Å². The van der Waals surface area contributed by atoms with Crippen molar-refractivity contribution in [2.75, 3.05) is 0 Å². The summed E-state index contributed by atoms with van der Waals surface area (Å²) in [6.45, 7) is 0. The van der Waals surface area contributed by atoms with E-state index >= 15 is 0 Å². The first kappa shape index (κ1) is 11.5. The van der Waals surface area contributed by atoms with E-state index in [1.165, 1.54) is 12.1 Å². The lowest BCUT2D eigenvalue weighted by atomic mass is 10.2. The van der Waals surface area contributed by atoms with Crippen LogP contribution in [0.25, 0.3) is 11.4 Å². The summed E-state index contributed by atoms with van der Waals surface area (Å²) in [6, 6.07) is 6.09. The van der Waals surface area contributed by atoms with Crippen LogP contribution in [0, 0.1) is 10.1 Å². The van der Waals surface area contributed by atoms with Gasteiger partial charge in [0, 0.05) is 35.7 Å². The minimum Gasteiger partial charge on any atom is -0.258 e. The van der Waals surface area contributed by atoms with Gasteiger partial charge in [-0.2, -0.15) is 0 Å². The number of rotatable bonds is 3. The van der Waals surface area contributed by atoms with E-state index in [2.05, 4.69) is 9.97 Å². The Labute approximate surface area is 102 Å². The van der Waals surface area contributed by atoms with Gasteiger partial charge >= 0.3 is 0 Å². The Kier molecular flexibility index (Phi) is 3.30. The summed E-state index contributed by atoms with van der Waals surface area (Å²) in [6.07, 6.45) is 3.27. The predicted molar refractivity (Wildman–Crippen MR) is 63.7 cm³/mol. The highest BCUT2D eigenvalue weighted by Crippen LogP contribution is 2.19. The zero-order valence-electron chi connectivity index (χ0n) is 8.71. The third-order valence-corrected chi connectivity index (χ3v) is 2.50. The first-order valence-electron chi connectivity index (χ1n) is 4.82. The van der Waals surface area contributed by atoms with Gasteiger partial charge in [-0.25, -0.2) is 9.97 Å². The van der Waals surface area contributed by atoms with Crippen LogP contribution in [0.2, 0.25) is 0 Å². The Morgan fingerprint density at radius 3 is 2.24 bits per heavy atom. The Bertz CT molecular complexity index is 525. The van der Waals surface area contributed by atoms with Gasteiger partial charge in [-0.15, -0.1) is 11.6 Å². The lowest BCUT2D eigenvalue weighted by Gasteiger charge is -2.00. The van der Waals surface area contributed by atoms with Crippen LogP contribution in [-0.4, -0.2) is 14.9 Å². The van der Waals surface area contributed by atoms with Crippen LogP contribution in [-0.2, 0) is 5.88 Å². The van der Waals surface area contributed by atoms with Gasteiger partial charge in [0.15, 0.2) is 5.82 Å². The Morgan fingerprint density at radius 2 is 1.76 bits per heavy atom. The summed E-state index contributed by atoms with van der Waals surface area (Å²) in [5, 5.41) is 10.5. The number of alkyl halides is 1. The second kappa shape index (κ2) is 4.88. The zero-order chi connectivity index (χ0) is 12.3. The molecule has 0 saturated heterocycles. The highest BCUT2D eigenvalue weighted by atomic mass is 35.5. The Morgan fingerprint density at radius 1 is 1.18 bits per heavy atom. The second-order valence-electron chi connectivity index (χ2n) is 3.35. The largest absolute Gasteiger partial charge is 0.269 e. The minimum atomic E-state index is -0.443. The van der Waals surface area contributed by atoms with E-state index in [1.54, 1.807) is 24.5 Å². The molecule has 0 spiro atoms. The summed E-state index contributed by atoms with van der Waals surface area (Å²) < 4.78 is 0. The van der Waals surface area contributed by atoms with E-state index in [4.69, 9.17) is 11.6 Å².